The minimum atomic E-state index is 0.395. The number of benzene rings is 1. The Balaban J connectivity index is 2.18. The molecule has 0 spiro atoms. The quantitative estimate of drug-likeness (QED) is 0.533. The number of pyridine rings is 1. The van der Waals surface area contributed by atoms with Crippen LogP contribution < -0.4 is 4.74 Å². The molecule has 0 aliphatic carbocycles. The molecule has 1 aromatic heterocycles. The number of hydrogen-bond donors (Lipinski definition) is 0. The molecule has 1 aromatic carbocycles. The molecule has 1 heterocycles. The normalized spacial score (nSPS) is 10.5. The second-order valence-electron chi connectivity index (χ2n) is 3.78. The predicted octanol–water partition coefficient (Wildman–Crippen LogP) is 5.73. The van der Waals surface area contributed by atoms with E-state index in [4.69, 9.17) is 16.3 Å². The molecule has 2 aromatic rings. The van der Waals surface area contributed by atoms with Gasteiger partial charge in [-0.1, -0.05) is 27.5 Å². The Morgan fingerprint density at radius 1 is 1.21 bits per heavy atom. The van der Waals surface area contributed by atoms with Gasteiger partial charge >= 0.3 is 0 Å². The highest BCUT2D eigenvalue weighted by molar-refractivity contribution is 9.11. The van der Waals surface area contributed by atoms with Crippen molar-refractivity contribution in [2.75, 3.05) is 0 Å². The average molecular weight is 470 g/mol. The van der Waals surface area contributed by atoms with Crippen molar-refractivity contribution in [3.63, 3.8) is 0 Å². The molecule has 0 N–H and O–H groups in total. The van der Waals surface area contributed by atoms with E-state index in [-0.39, 0.29) is 0 Å². The number of hydrogen-bond acceptors (Lipinski definition) is 2. The van der Waals surface area contributed by atoms with Crippen LogP contribution in [0.15, 0.2) is 39.5 Å². The number of ether oxygens (including phenoxy) is 1. The van der Waals surface area contributed by atoms with Gasteiger partial charge in [0, 0.05) is 23.3 Å². The lowest BCUT2D eigenvalue weighted by molar-refractivity contribution is 0.302. The molecule has 0 fully saturated rings. The summed E-state index contributed by atoms with van der Waals surface area (Å²) in [5.74, 6) is 0.762. The minimum absolute atomic E-state index is 0.395. The number of rotatable bonds is 4. The van der Waals surface area contributed by atoms with Crippen LogP contribution in [0, 0.1) is 0 Å². The van der Waals surface area contributed by atoms with E-state index in [1.165, 1.54) is 0 Å². The lowest BCUT2D eigenvalue weighted by Crippen LogP contribution is -1.98. The fourth-order valence-electron chi connectivity index (χ4n) is 1.50. The van der Waals surface area contributed by atoms with E-state index in [0.717, 1.165) is 31.2 Å². The lowest BCUT2D eigenvalue weighted by Gasteiger charge is -2.12. The van der Waals surface area contributed by atoms with Gasteiger partial charge in [-0.05, 0) is 55.6 Å². The van der Waals surface area contributed by atoms with Crippen molar-refractivity contribution >= 4 is 59.4 Å². The van der Waals surface area contributed by atoms with Gasteiger partial charge in [-0.15, -0.1) is 0 Å². The molecule has 0 aliphatic rings. The standard InChI is InChI=1S/C13H9Br3ClNO/c14-5-8-3-10(15)13(11(16)4-8)19-7-9-1-2-18-6-12(9)17/h1-4,6H,5,7H2. The molecule has 2 rings (SSSR count). The Morgan fingerprint density at radius 3 is 2.47 bits per heavy atom. The van der Waals surface area contributed by atoms with Gasteiger partial charge < -0.3 is 4.74 Å². The maximum absolute atomic E-state index is 6.05. The summed E-state index contributed by atoms with van der Waals surface area (Å²) in [6.45, 7) is 0.395. The Hall–Kier alpha value is -0.100. The monoisotopic (exact) mass is 467 g/mol. The second-order valence-corrected chi connectivity index (χ2v) is 6.45. The smallest absolute Gasteiger partial charge is 0.148 e. The molecule has 0 saturated carbocycles. The molecular formula is C13H9Br3ClNO. The third kappa shape index (κ3) is 3.94. The zero-order valence-corrected chi connectivity index (χ0v) is 15.2. The number of aromatic nitrogens is 1. The van der Waals surface area contributed by atoms with Crippen LogP contribution in [0.3, 0.4) is 0 Å². The summed E-state index contributed by atoms with van der Waals surface area (Å²) in [6.07, 6.45) is 3.31. The highest BCUT2D eigenvalue weighted by atomic mass is 79.9. The van der Waals surface area contributed by atoms with Crippen LogP contribution in [-0.2, 0) is 11.9 Å². The van der Waals surface area contributed by atoms with Crippen molar-refractivity contribution in [2.24, 2.45) is 0 Å². The van der Waals surface area contributed by atoms with Gasteiger partial charge in [0.05, 0.1) is 14.0 Å². The van der Waals surface area contributed by atoms with Gasteiger partial charge in [0.2, 0.25) is 0 Å². The third-order valence-electron chi connectivity index (χ3n) is 2.44. The maximum atomic E-state index is 6.05. The summed E-state index contributed by atoms with van der Waals surface area (Å²) in [5.41, 5.74) is 2.06. The first-order valence-electron chi connectivity index (χ1n) is 5.37. The van der Waals surface area contributed by atoms with E-state index in [2.05, 4.69) is 52.8 Å². The summed E-state index contributed by atoms with van der Waals surface area (Å²) >= 11 is 16.5. The molecule has 2 nitrogen and oxygen atoms in total. The van der Waals surface area contributed by atoms with Crippen LogP contribution >= 0.6 is 59.4 Å². The minimum Gasteiger partial charge on any atom is -0.486 e. The largest absolute Gasteiger partial charge is 0.486 e. The molecule has 0 unspecified atom stereocenters. The Bertz CT molecular complexity index is 569. The number of alkyl halides is 1. The average Bonchev–Trinajstić information content (AvgIpc) is 2.39. The van der Waals surface area contributed by atoms with Crippen molar-refractivity contribution in [1.82, 2.24) is 4.98 Å². The van der Waals surface area contributed by atoms with Gasteiger partial charge in [-0.3, -0.25) is 4.98 Å². The summed E-state index contributed by atoms with van der Waals surface area (Å²) in [4.78, 5) is 3.95. The molecule has 0 amide bonds. The maximum Gasteiger partial charge on any atom is 0.148 e. The SMILES string of the molecule is Clc1cnccc1COc1c(Br)cc(CBr)cc1Br. The molecule has 6 heteroatoms. The summed E-state index contributed by atoms with van der Waals surface area (Å²) in [7, 11) is 0. The Morgan fingerprint density at radius 2 is 1.89 bits per heavy atom. The van der Waals surface area contributed by atoms with E-state index in [1.54, 1.807) is 12.4 Å². The predicted molar refractivity (Wildman–Crippen MR) is 88.1 cm³/mol. The zero-order chi connectivity index (χ0) is 13.8. The number of nitrogens with zero attached hydrogens (tertiary/aromatic N) is 1. The highest BCUT2D eigenvalue weighted by Crippen LogP contribution is 2.36. The van der Waals surface area contributed by atoms with Crippen LogP contribution in [0.4, 0.5) is 0 Å². The van der Waals surface area contributed by atoms with Gasteiger partial charge in [-0.25, -0.2) is 0 Å². The summed E-state index contributed by atoms with van der Waals surface area (Å²) in [6, 6.07) is 5.88. The molecule has 100 valence electrons. The van der Waals surface area contributed by atoms with Crippen LogP contribution in [-0.4, -0.2) is 4.98 Å². The van der Waals surface area contributed by atoms with Crippen molar-refractivity contribution in [3.8, 4) is 5.75 Å². The highest BCUT2D eigenvalue weighted by Gasteiger charge is 2.10. The van der Waals surface area contributed by atoms with E-state index in [1.807, 2.05) is 18.2 Å². The van der Waals surface area contributed by atoms with Gasteiger partial charge in [0.15, 0.2) is 0 Å². The third-order valence-corrected chi connectivity index (χ3v) is 4.61. The molecule has 19 heavy (non-hydrogen) atoms. The van der Waals surface area contributed by atoms with Crippen LogP contribution in [0.2, 0.25) is 5.02 Å². The van der Waals surface area contributed by atoms with Crippen LogP contribution in [0.25, 0.3) is 0 Å². The first kappa shape index (κ1) is 15.3. The van der Waals surface area contributed by atoms with Crippen LogP contribution in [0.1, 0.15) is 11.1 Å². The lowest BCUT2D eigenvalue weighted by atomic mass is 10.2. The topological polar surface area (TPSA) is 22.1 Å². The second kappa shape index (κ2) is 7.07. The zero-order valence-electron chi connectivity index (χ0n) is 9.67. The van der Waals surface area contributed by atoms with Crippen molar-refractivity contribution in [2.45, 2.75) is 11.9 Å². The first-order chi connectivity index (χ1) is 9.11. The molecular weight excluding hydrogens is 461 g/mol. The summed E-state index contributed by atoms with van der Waals surface area (Å²) < 4.78 is 7.62. The van der Waals surface area contributed by atoms with Crippen molar-refractivity contribution < 1.29 is 4.74 Å². The molecule has 0 radical (unpaired) electrons. The van der Waals surface area contributed by atoms with Gasteiger partial charge in [0.1, 0.15) is 12.4 Å². The molecule has 0 saturated heterocycles. The van der Waals surface area contributed by atoms with E-state index < -0.39 is 0 Å². The fraction of sp³-hybridized carbons (Fsp3) is 0.154. The first-order valence-corrected chi connectivity index (χ1v) is 8.45. The van der Waals surface area contributed by atoms with E-state index in [0.29, 0.717) is 11.6 Å². The van der Waals surface area contributed by atoms with Crippen LogP contribution in [0.5, 0.6) is 5.75 Å². The van der Waals surface area contributed by atoms with E-state index in [9.17, 15) is 0 Å². The fourth-order valence-corrected chi connectivity index (χ4v) is 3.51. The van der Waals surface area contributed by atoms with Gasteiger partial charge in [0.25, 0.3) is 0 Å². The molecule has 0 aliphatic heterocycles. The van der Waals surface area contributed by atoms with Crippen molar-refractivity contribution in [1.29, 1.82) is 0 Å². The van der Waals surface area contributed by atoms with Gasteiger partial charge in [-0.2, -0.15) is 0 Å². The summed E-state index contributed by atoms with van der Waals surface area (Å²) in [5, 5.41) is 1.40. The Labute approximate surface area is 141 Å². The van der Waals surface area contributed by atoms with Crippen molar-refractivity contribution in [3.05, 3.63) is 55.7 Å². The van der Waals surface area contributed by atoms with E-state index >= 15 is 0 Å². The Kier molecular flexibility index (Phi) is 5.69. The molecule has 0 atom stereocenters. The number of halogens is 4. The molecule has 0 bridgehead atoms.